The first-order valence-corrected chi connectivity index (χ1v) is 8.95. The van der Waals surface area contributed by atoms with Gasteiger partial charge in [0, 0.05) is 38.0 Å². The summed E-state index contributed by atoms with van der Waals surface area (Å²) in [5.41, 5.74) is 1.30. The van der Waals surface area contributed by atoms with Crippen LogP contribution in [0.25, 0.3) is 0 Å². The second-order valence-electron chi connectivity index (χ2n) is 7.13. The van der Waals surface area contributed by atoms with Crippen LogP contribution in [0, 0.1) is 0 Å². The first-order valence-electron chi connectivity index (χ1n) is 8.95. The van der Waals surface area contributed by atoms with Gasteiger partial charge in [-0.25, -0.2) is 4.98 Å². The number of nitrogens with one attached hydrogen (secondary N) is 1. The molecule has 2 N–H and O–H groups in total. The van der Waals surface area contributed by atoms with Crippen LogP contribution in [0.2, 0.25) is 0 Å². The van der Waals surface area contributed by atoms with Crippen LogP contribution in [-0.2, 0) is 6.54 Å². The number of aliphatic hydroxyl groups is 1. The average Bonchev–Trinajstić information content (AvgIpc) is 3.11. The highest BCUT2D eigenvalue weighted by atomic mass is 16.3. The highest BCUT2D eigenvalue weighted by Gasteiger charge is 2.32. The van der Waals surface area contributed by atoms with E-state index in [9.17, 15) is 5.11 Å². The van der Waals surface area contributed by atoms with Crippen LogP contribution in [0.1, 0.15) is 37.7 Å². The first-order chi connectivity index (χ1) is 11.2. The van der Waals surface area contributed by atoms with E-state index in [1.54, 1.807) is 0 Å². The third kappa shape index (κ3) is 4.22. The summed E-state index contributed by atoms with van der Waals surface area (Å²) in [6, 6.07) is 4.34. The summed E-state index contributed by atoms with van der Waals surface area (Å²) in [7, 11) is 2.17. The molecule has 2 aliphatic heterocycles. The van der Waals surface area contributed by atoms with E-state index in [1.165, 1.54) is 18.4 Å². The van der Waals surface area contributed by atoms with Gasteiger partial charge in [0.15, 0.2) is 0 Å². The van der Waals surface area contributed by atoms with Gasteiger partial charge in [-0.15, -0.1) is 0 Å². The van der Waals surface area contributed by atoms with Gasteiger partial charge in [-0.05, 0) is 63.9 Å². The van der Waals surface area contributed by atoms with Crippen LogP contribution < -0.4 is 10.2 Å². The number of anilines is 1. The van der Waals surface area contributed by atoms with Gasteiger partial charge in [0.05, 0.1) is 0 Å². The molecule has 2 aliphatic rings. The summed E-state index contributed by atoms with van der Waals surface area (Å²) in [6.07, 6.45) is 7.60. The number of hydrogen-bond acceptors (Lipinski definition) is 5. The number of piperidine rings is 1. The van der Waals surface area contributed by atoms with E-state index in [1.807, 2.05) is 6.20 Å². The zero-order valence-electron chi connectivity index (χ0n) is 14.3. The second kappa shape index (κ2) is 7.60. The number of aliphatic hydroxyl groups excluding tert-OH is 1. The zero-order chi connectivity index (χ0) is 16.1. The first kappa shape index (κ1) is 16.7. The molecular formula is C18H30N4O. The third-order valence-corrected chi connectivity index (χ3v) is 5.44. The molecule has 0 atom stereocenters. The number of pyridine rings is 1. The highest BCUT2D eigenvalue weighted by molar-refractivity contribution is 5.40. The van der Waals surface area contributed by atoms with Crippen LogP contribution in [0.3, 0.4) is 0 Å². The lowest BCUT2D eigenvalue weighted by molar-refractivity contribution is 0.121. The molecule has 0 aromatic carbocycles. The monoisotopic (exact) mass is 318 g/mol. The largest absolute Gasteiger partial charge is 0.396 e. The maximum atomic E-state index is 9.43. The summed E-state index contributed by atoms with van der Waals surface area (Å²) < 4.78 is 0. The Kier molecular flexibility index (Phi) is 5.51. The van der Waals surface area contributed by atoms with Crippen molar-refractivity contribution < 1.29 is 5.11 Å². The van der Waals surface area contributed by atoms with Crippen molar-refractivity contribution in [1.29, 1.82) is 0 Å². The van der Waals surface area contributed by atoms with Gasteiger partial charge in [0.1, 0.15) is 5.82 Å². The van der Waals surface area contributed by atoms with Crippen LogP contribution in [-0.4, -0.2) is 60.4 Å². The Hall–Kier alpha value is -1.17. The molecule has 128 valence electrons. The molecule has 0 saturated carbocycles. The van der Waals surface area contributed by atoms with Crippen molar-refractivity contribution in [3.05, 3.63) is 23.9 Å². The molecule has 0 aliphatic carbocycles. The van der Waals surface area contributed by atoms with Gasteiger partial charge < -0.3 is 20.2 Å². The topological polar surface area (TPSA) is 51.6 Å². The Balaban J connectivity index is 1.57. The standard InChI is InChI=1S/C18H30N4O/c1-21-11-6-18(7-12-21,8-13-23)20-15-16-4-5-17(19-14-16)22-9-2-3-10-22/h4-5,14,20,23H,2-3,6-13,15H2,1H3. The fourth-order valence-electron chi connectivity index (χ4n) is 3.72. The van der Waals surface area contributed by atoms with Crippen LogP contribution in [0.4, 0.5) is 5.82 Å². The number of likely N-dealkylation sites (tertiary alicyclic amines) is 1. The molecule has 0 bridgehead atoms. The predicted octanol–water partition coefficient (Wildman–Crippen LogP) is 1.62. The smallest absolute Gasteiger partial charge is 0.128 e. The zero-order valence-corrected chi connectivity index (χ0v) is 14.3. The van der Waals surface area contributed by atoms with Crippen molar-refractivity contribution in [3.63, 3.8) is 0 Å². The molecule has 3 rings (SSSR count). The lowest BCUT2D eigenvalue weighted by Crippen LogP contribution is -2.52. The molecule has 1 aromatic heterocycles. The second-order valence-corrected chi connectivity index (χ2v) is 7.13. The number of nitrogens with zero attached hydrogens (tertiary/aromatic N) is 3. The molecule has 23 heavy (non-hydrogen) atoms. The fourth-order valence-corrected chi connectivity index (χ4v) is 3.72. The number of hydrogen-bond donors (Lipinski definition) is 2. The van der Waals surface area contributed by atoms with Gasteiger partial charge in [-0.2, -0.15) is 0 Å². The average molecular weight is 318 g/mol. The minimum Gasteiger partial charge on any atom is -0.396 e. The van der Waals surface area contributed by atoms with E-state index >= 15 is 0 Å². The van der Waals surface area contributed by atoms with E-state index in [2.05, 4.69) is 39.3 Å². The van der Waals surface area contributed by atoms with Crippen molar-refractivity contribution in [2.24, 2.45) is 0 Å². The van der Waals surface area contributed by atoms with Crippen LogP contribution in [0.15, 0.2) is 18.3 Å². The molecule has 0 amide bonds. The maximum absolute atomic E-state index is 9.43. The van der Waals surface area contributed by atoms with Gasteiger partial charge in [0.25, 0.3) is 0 Å². The quantitative estimate of drug-likeness (QED) is 0.835. The Labute approximate surface area is 139 Å². The van der Waals surface area contributed by atoms with E-state index < -0.39 is 0 Å². The van der Waals surface area contributed by atoms with Crippen LogP contribution in [0.5, 0.6) is 0 Å². The number of rotatable bonds is 6. The lowest BCUT2D eigenvalue weighted by Gasteiger charge is -2.41. The molecule has 1 aromatic rings. The van der Waals surface area contributed by atoms with Gasteiger partial charge >= 0.3 is 0 Å². The Morgan fingerprint density at radius 3 is 2.52 bits per heavy atom. The predicted molar refractivity (Wildman–Crippen MR) is 93.7 cm³/mol. The Morgan fingerprint density at radius 2 is 1.91 bits per heavy atom. The molecule has 5 heteroatoms. The molecule has 0 unspecified atom stereocenters. The molecule has 3 heterocycles. The minimum absolute atomic E-state index is 0.0783. The van der Waals surface area contributed by atoms with Crippen molar-refractivity contribution in [2.75, 3.05) is 44.7 Å². The van der Waals surface area contributed by atoms with Crippen molar-refractivity contribution in [3.8, 4) is 0 Å². The number of aromatic nitrogens is 1. The normalized spacial score (nSPS) is 21.7. The van der Waals surface area contributed by atoms with Gasteiger partial charge in [-0.3, -0.25) is 0 Å². The summed E-state index contributed by atoms with van der Waals surface area (Å²) in [6.45, 7) is 5.55. The minimum atomic E-state index is 0.0783. The molecule has 2 saturated heterocycles. The van der Waals surface area contributed by atoms with Crippen molar-refractivity contribution in [2.45, 2.75) is 44.2 Å². The molecule has 0 spiro atoms. The van der Waals surface area contributed by atoms with E-state index in [0.29, 0.717) is 0 Å². The SMILES string of the molecule is CN1CCC(CCO)(NCc2ccc(N3CCCC3)nc2)CC1. The Morgan fingerprint density at radius 1 is 1.17 bits per heavy atom. The molecular weight excluding hydrogens is 288 g/mol. The van der Waals surface area contributed by atoms with Gasteiger partial charge in [-0.1, -0.05) is 6.07 Å². The Bertz CT molecular complexity index is 476. The molecule has 2 fully saturated rings. The summed E-state index contributed by atoms with van der Waals surface area (Å²) >= 11 is 0. The van der Waals surface area contributed by atoms with Crippen LogP contribution >= 0.6 is 0 Å². The third-order valence-electron chi connectivity index (χ3n) is 5.44. The van der Waals surface area contributed by atoms with E-state index in [-0.39, 0.29) is 12.1 Å². The highest BCUT2D eigenvalue weighted by Crippen LogP contribution is 2.26. The van der Waals surface area contributed by atoms with Crippen molar-refractivity contribution in [1.82, 2.24) is 15.2 Å². The van der Waals surface area contributed by atoms with E-state index in [4.69, 9.17) is 0 Å². The van der Waals surface area contributed by atoms with Gasteiger partial charge in [0.2, 0.25) is 0 Å². The summed E-state index contributed by atoms with van der Waals surface area (Å²) in [4.78, 5) is 9.36. The fraction of sp³-hybridized carbons (Fsp3) is 0.722. The van der Waals surface area contributed by atoms with Crippen molar-refractivity contribution >= 4 is 5.82 Å². The summed E-state index contributed by atoms with van der Waals surface area (Å²) in [5, 5.41) is 13.2. The maximum Gasteiger partial charge on any atom is 0.128 e. The van der Waals surface area contributed by atoms with E-state index in [0.717, 1.165) is 57.8 Å². The molecule has 5 nitrogen and oxygen atoms in total. The summed E-state index contributed by atoms with van der Waals surface area (Å²) in [5.74, 6) is 1.11. The lowest BCUT2D eigenvalue weighted by atomic mass is 9.84. The molecule has 0 radical (unpaired) electrons.